The smallest absolute Gasteiger partial charge is 0.223 e. The van der Waals surface area contributed by atoms with E-state index < -0.39 is 0 Å². The normalized spacial score (nSPS) is 21.3. The molecule has 3 heterocycles. The van der Waals surface area contributed by atoms with Crippen molar-refractivity contribution in [2.24, 2.45) is 5.41 Å². The first kappa shape index (κ1) is 26.0. The van der Waals surface area contributed by atoms with Gasteiger partial charge in [0.25, 0.3) is 0 Å². The topological polar surface area (TPSA) is 59.8 Å². The van der Waals surface area contributed by atoms with Crippen molar-refractivity contribution in [1.29, 1.82) is 0 Å². The van der Waals surface area contributed by atoms with Gasteiger partial charge in [-0.2, -0.15) is 5.10 Å². The summed E-state index contributed by atoms with van der Waals surface area (Å²) in [5.74, 6) is 1.01. The Morgan fingerprint density at radius 1 is 1.23 bits per heavy atom. The second kappa shape index (κ2) is 11.8. The molecule has 2 aromatic rings. The molecule has 1 aromatic carbocycles. The minimum absolute atomic E-state index is 0.206. The van der Waals surface area contributed by atoms with Crippen LogP contribution in [0.1, 0.15) is 49.4 Å². The molecule has 0 aliphatic carbocycles. The van der Waals surface area contributed by atoms with E-state index >= 15 is 0 Å². The summed E-state index contributed by atoms with van der Waals surface area (Å²) in [7, 11) is 0. The molecule has 0 radical (unpaired) electrons. The number of aryl methyl sites for hydroxylation is 2. The molecule has 8 heteroatoms. The van der Waals surface area contributed by atoms with Gasteiger partial charge in [0.1, 0.15) is 5.75 Å². The molecule has 1 aromatic heterocycles. The number of amides is 1. The van der Waals surface area contributed by atoms with Gasteiger partial charge in [-0.3, -0.25) is 14.4 Å². The van der Waals surface area contributed by atoms with E-state index in [2.05, 4.69) is 28.5 Å². The van der Waals surface area contributed by atoms with E-state index in [1.807, 2.05) is 36.2 Å². The molecule has 2 fully saturated rings. The van der Waals surface area contributed by atoms with E-state index in [1.54, 1.807) is 0 Å². The third-order valence-electron chi connectivity index (χ3n) is 7.34. The molecule has 1 amide bonds. The summed E-state index contributed by atoms with van der Waals surface area (Å²) in [5, 5.41) is 5.32. The summed E-state index contributed by atoms with van der Waals surface area (Å²) < 4.78 is 13.9. The molecular formula is C27H39ClN4O3. The number of halogens is 1. The molecule has 0 saturated carbocycles. The maximum atomic E-state index is 13.3. The van der Waals surface area contributed by atoms with Crippen molar-refractivity contribution in [2.45, 2.75) is 59.5 Å². The van der Waals surface area contributed by atoms with E-state index in [0.717, 1.165) is 61.8 Å². The van der Waals surface area contributed by atoms with Crippen LogP contribution in [0, 0.1) is 19.3 Å². The van der Waals surface area contributed by atoms with Gasteiger partial charge in [-0.15, -0.1) is 0 Å². The van der Waals surface area contributed by atoms with Gasteiger partial charge in [0.05, 0.1) is 26.0 Å². The number of carbonyl (C=O) groups excluding carboxylic acids is 1. The fourth-order valence-corrected chi connectivity index (χ4v) is 5.38. The van der Waals surface area contributed by atoms with Crippen LogP contribution in [0.2, 0.25) is 5.02 Å². The van der Waals surface area contributed by atoms with Crippen molar-refractivity contribution >= 4 is 17.5 Å². The van der Waals surface area contributed by atoms with Crippen LogP contribution in [-0.2, 0) is 22.6 Å². The maximum absolute atomic E-state index is 13.3. The number of hydrogen-bond acceptors (Lipinski definition) is 5. The van der Waals surface area contributed by atoms with Gasteiger partial charge < -0.3 is 14.4 Å². The van der Waals surface area contributed by atoms with Crippen molar-refractivity contribution in [1.82, 2.24) is 19.6 Å². The Morgan fingerprint density at radius 2 is 2.03 bits per heavy atom. The summed E-state index contributed by atoms with van der Waals surface area (Å²) in [6.45, 7) is 13.0. The second-order valence-corrected chi connectivity index (χ2v) is 10.6. The fourth-order valence-electron chi connectivity index (χ4n) is 5.27. The van der Waals surface area contributed by atoms with Crippen molar-refractivity contribution in [3.05, 3.63) is 46.2 Å². The molecule has 192 valence electrons. The lowest BCUT2D eigenvalue weighted by atomic mass is 9.77. The summed E-state index contributed by atoms with van der Waals surface area (Å²) in [6, 6.07) is 5.77. The molecule has 1 atom stereocenters. The lowest BCUT2D eigenvalue weighted by molar-refractivity contribution is -0.139. The molecule has 7 nitrogen and oxygen atoms in total. The van der Waals surface area contributed by atoms with Gasteiger partial charge in [0, 0.05) is 60.8 Å². The predicted molar refractivity (Wildman–Crippen MR) is 138 cm³/mol. The highest BCUT2D eigenvalue weighted by molar-refractivity contribution is 6.31. The number of likely N-dealkylation sites (tertiary alicyclic amines) is 1. The van der Waals surface area contributed by atoms with E-state index in [4.69, 9.17) is 21.1 Å². The van der Waals surface area contributed by atoms with Crippen molar-refractivity contribution in [3.63, 3.8) is 0 Å². The Morgan fingerprint density at radius 3 is 2.77 bits per heavy atom. The zero-order valence-electron chi connectivity index (χ0n) is 21.4. The van der Waals surface area contributed by atoms with Gasteiger partial charge in [-0.05, 0) is 63.4 Å². The Kier molecular flexibility index (Phi) is 8.73. The summed E-state index contributed by atoms with van der Waals surface area (Å²) >= 11 is 6.21. The first-order valence-corrected chi connectivity index (χ1v) is 13.2. The standard InChI is InChI=1S/C27H39ClN4O3/c1-4-9-32-22(3)23(17-29-32)18-30-10-5-8-27(19-30,16-26(33)31-11-13-34-14-12-31)20-35-24-6-7-25(28)21(2)15-24/h6-7,15,17H,4-5,8-14,16,18-20H2,1-3H3/t27-/m1/s1. The molecule has 4 rings (SSSR count). The highest BCUT2D eigenvalue weighted by Gasteiger charge is 2.40. The minimum Gasteiger partial charge on any atom is -0.493 e. The highest BCUT2D eigenvalue weighted by atomic mass is 35.5. The van der Waals surface area contributed by atoms with Gasteiger partial charge in [0.15, 0.2) is 0 Å². The third-order valence-corrected chi connectivity index (χ3v) is 7.76. The number of aromatic nitrogens is 2. The number of hydrogen-bond donors (Lipinski definition) is 0. The quantitative estimate of drug-likeness (QED) is 0.506. The molecule has 2 aliphatic heterocycles. The average molecular weight is 503 g/mol. The van der Waals surface area contributed by atoms with E-state index in [-0.39, 0.29) is 11.3 Å². The number of carbonyl (C=O) groups is 1. The fraction of sp³-hybridized carbons (Fsp3) is 0.630. The van der Waals surface area contributed by atoms with Gasteiger partial charge in [-0.1, -0.05) is 18.5 Å². The zero-order chi connectivity index (χ0) is 24.8. The number of piperidine rings is 1. The van der Waals surface area contributed by atoms with Crippen molar-refractivity contribution in [3.8, 4) is 5.75 Å². The summed E-state index contributed by atoms with van der Waals surface area (Å²) in [6.07, 6.45) is 5.58. The van der Waals surface area contributed by atoms with E-state index in [1.165, 1.54) is 11.3 Å². The molecule has 0 bridgehead atoms. The Bertz CT molecular complexity index is 1000. The monoisotopic (exact) mass is 502 g/mol. The Labute approximate surface area is 214 Å². The van der Waals surface area contributed by atoms with Crippen molar-refractivity contribution in [2.75, 3.05) is 46.0 Å². The van der Waals surface area contributed by atoms with Crippen LogP contribution in [-0.4, -0.2) is 71.5 Å². The largest absolute Gasteiger partial charge is 0.493 e. The molecule has 0 spiro atoms. The number of ether oxygens (including phenoxy) is 2. The van der Waals surface area contributed by atoms with Gasteiger partial charge in [0.2, 0.25) is 5.91 Å². The van der Waals surface area contributed by atoms with E-state index in [9.17, 15) is 4.79 Å². The molecule has 0 N–H and O–H groups in total. The predicted octanol–water partition coefficient (Wildman–Crippen LogP) is 4.47. The van der Waals surface area contributed by atoms with Crippen LogP contribution in [0.25, 0.3) is 0 Å². The molecule has 0 unspecified atom stereocenters. The van der Waals surface area contributed by atoms with Crippen LogP contribution in [0.4, 0.5) is 0 Å². The Hall–Kier alpha value is -2.09. The number of nitrogens with zero attached hydrogens (tertiary/aromatic N) is 4. The molecular weight excluding hydrogens is 464 g/mol. The third kappa shape index (κ3) is 6.57. The van der Waals surface area contributed by atoms with Crippen LogP contribution < -0.4 is 4.74 Å². The van der Waals surface area contributed by atoms with Gasteiger partial charge >= 0.3 is 0 Å². The van der Waals surface area contributed by atoms with Crippen LogP contribution in [0.15, 0.2) is 24.4 Å². The number of morpholine rings is 1. The number of benzene rings is 1. The first-order valence-electron chi connectivity index (χ1n) is 12.9. The summed E-state index contributed by atoms with van der Waals surface area (Å²) in [4.78, 5) is 17.8. The highest BCUT2D eigenvalue weighted by Crippen LogP contribution is 2.36. The molecule has 35 heavy (non-hydrogen) atoms. The van der Waals surface area contributed by atoms with Crippen LogP contribution in [0.3, 0.4) is 0 Å². The molecule has 2 aliphatic rings. The SMILES string of the molecule is CCCn1ncc(CN2CCC[C@@](COc3ccc(Cl)c(C)c3)(CC(=O)N3CCOCC3)C2)c1C. The second-order valence-electron chi connectivity index (χ2n) is 10.2. The lowest BCUT2D eigenvalue weighted by Crippen LogP contribution is -2.50. The van der Waals surface area contributed by atoms with Gasteiger partial charge in [-0.25, -0.2) is 0 Å². The summed E-state index contributed by atoms with van der Waals surface area (Å²) in [5.41, 5.74) is 3.25. The van der Waals surface area contributed by atoms with E-state index in [0.29, 0.717) is 39.3 Å². The maximum Gasteiger partial charge on any atom is 0.223 e. The average Bonchev–Trinajstić information content (AvgIpc) is 3.20. The van der Waals surface area contributed by atoms with Crippen LogP contribution in [0.5, 0.6) is 5.75 Å². The van der Waals surface area contributed by atoms with Crippen LogP contribution >= 0.6 is 11.6 Å². The number of rotatable bonds is 9. The molecule has 2 saturated heterocycles. The zero-order valence-corrected chi connectivity index (χ0v) is 22.1. The minimum atomic E-state index is -0.242. The Balaban J connectivity index is 1.50. The first-order chi connectivity index (χ1) is 16.9. The lowest BCUT2D eigenvalue weighted by Gasteiger charge is -2.43. The van der Waals surface area contributed by atoms with Crippen molar-refractivity contribution < 1.29 is 14.3 Å².